The van der Waals surface area contributed by atoms with Crippen LogP contribution in [-0.2, 0) is 4.74 Å². The number of piperidine rings is 1. The molecule has 12 heteroatoms. The quantitative estimate of drug-likeness (QED) is 0.560. The number of halogens is 2. The molecule has 2 N–H and O–H groups in total. The fourth-order valence-electron chi connectivity index (χ4n) is 5.80. The van der Waals surface area contributed by atoms with Crippen LogP contribution in [0.1, 0.15) is 46.9 Å². The minimum absolute atomic E-state index is 0.100. The van der Waals surface area contributed by atoms with E-state index < -0.39 is 12.0 Å². The van der Waals surface area contributed by atoms with Crippen LogP contribution in [0.2, 0.25) is 10.0 Å². The molecule has 10 nitrogen and oxygen atoms in total. The summed E-state index contributed by atoms with van der Waals surface area (Å²) in [6.45, 7) is 6.51. The Morgan fingerprint density at radius 3 is 2.51 bits per heavy atom. The zero-order valence-electron chi connectivity index (χ0n) is 21.8. The highest BCUT2D eigenvalue weighted by atomic mass is 35.5. The zero-order chi connectivity index (χ0) is 27.7. The van der Waals surface area contributed by atoms with Gasteiger partial charge in [-0.1, -0.05) is 30.1 Å². The Balaban J connectivity index is 1.23. The van der Waals surface area contributed by atoms with E-state index in [0.29, 0.717) is 64.4 Å². The highest BCUT2D eigenvalue weighted by Gasteiger charge is 2.36. The van der Waals surface area contributed by atoms with Gasteiger partial charge in [-0.05, 0) is 43.5 Å². The lowest BCUT2D eigenvalue weighted by atomic mass is 9.97. The Hall–Kier alpha value is -3.08. The molecule has 0 saturated carbocycles. The van der Waals surface area contributed by atoms with Gasteiger partial charge in [0.05, 0.1) is 28.4 Å². The molecule has 0 unspecified atom stereocenters. The Morgan fingerprint density at radius 2 is 1.87 bits per heavy atom. The summed E-state index contributed by atoms with van der Waals surface area (Å²) < 4.78 is 5.08. The van der Waals surface area contributed by atoms with Crippen molar-refractivity contribution in [3.63, 3.8) is 0 Å². The van der Waals surface area contributed by atoms with Crippen molar-refractivity contribution in [1.29, 1.82) is 0 Å². The van der Waals surface area contributed by atoms with E-state index in [4.69, 9.17) is 33.7 Å². The zero-order valence-corrected chi connectivity index (χ0v) is 23.3. The van der Waals surface area contributed by atoms with Crippen LogP contribution >= 0.6 is 23.2 Å². The molecule has 3 aliphatic rings. The maximum atomic E-state index is 13.5. The monoisotopic (exact) mass is 574 g/mol. The highest BCUT2D eigenvalue weighted by Crippen LogP contribution is 2.32. The standard InChI is InChI=1S/C27H32Cl2N6O4/c1-2-19-16-33(25-22(29)13-17(15-31-25)24(30)36)9-10-34(19)20-5-7-32(8-6-20)26(37)21-4-3-18(28)14-23(21)35-11-12-39-27(35)38/h3-4,13-15,19-20H,2,5-12,16H2,1H3,(H2,30,36)/t19-/m0/s1. The van der Waals surface area contributed by atoms with E-state index >= 15 is 0 Å². The molecule has 208 valence electrons. The Bertz CT molecular complexity index is 1270. The lowest BCUT2D eigenvalue weighted by Crippen LogP contribution is -2.58. The predicted octanol–water partition coefficient (Wildman–Crippen LogP) is 3.65. The molecule has 3 aliphatic heterocycles. The lowest BCUT2D eigenvalue weighted by molar-refractivity contribution is 0.0491. The molecule has 3 fully saturated rings. The topological polar surface area (TPSA) is 112 Å². The molecule has 0 aliphatic carbocycles. The van der Waals surface area contributed by atoms with E-state index in [1.54, 1.807) is 24.3 Å². The van der Waals surface area contributed by atoms with E-state index in [2.05, 4.69) is 21.7 Å². The number of carbonyl (C=O) groups is 3. The fourth-order valence-corrected chi connectivity index (χ4v) is 6.25. The summed E-state index contributed by atoms with van der Waals surface area (Å²) in [4.78, 5) is 49.7. The summed E-state index contributed by atoms with van der Waals surface area (Å²) >= 11 is 12.7. The number of carbonyl (C=O) groups excluding carboxylic acids is 3. The number of ether oxygens (including phenoxy) is 1. The van der Waals surface area contributed by atoms with Crippen molar-refractivity contribution in [2.45, 2.75) is 38.3 Å². The van der Waals surface area contributed by atoms with Gasteiger partial charge in [0, 0.05) is 56.0 Å². The molecule has 1 aromatic carbocycles. The number of cyclic esters (lactones) is 1. The largest absolute Gasteiger partial charge is 0.447 e. The van der Waals surface area contributed by atoms with Crippen LogP contribution in [-0.4, -0.2) is 90.7 Å². The maximum absolute atomic E-state index is 13.5. The van der Waals surface area contributed by atoms with Gasteiger partial charge in [-0.3, -0.25) is 19.4 Å². The molecule has 39 heavy (non-hydrogen) atoms. The first-order valence-electron chi connectivity index (χ1n) is 13.3. The number of hydrogen-bond acceptors (Lipinski definition) is 7. The van der Waals surface area contributed by atoms with Crippen molar-refractivity contribution in [2.75, 3.05) is 55.7 Å². The fraction of sp³-hybridized carbons (Fsp3) is 0.481. The smallest absolute Gasteiger partial charge is 0.414 e. The first-order valence-corrected chi connectivity index (χ1v) is 14.0. The maximum Gasteiger partial charge on any atom is 0.414 e. The summed E-state index contributed by atoms with van der Waals surface area (Å²) in [5.74, 6) is 0.0144. The number of nitrogens with zero attached hydrogens (tertiary/aromatic N) is 5. The molecule has 5 rings (SSSR count). The van der Waals surface area contributed by atoms with Crippen molar-refractivity contribution in [1.82, 2.24) is 14.8 Å². The summed E-state index contributed by atoms with van der Waals surface area (Å²) in [7, 11) is 0. The van der Waals surface area contributed by atoms with E-state index in [1.807, 2.05) is 4.90 Å². The van der Waals surface area contributed by atoms with E-state index in [-0.39, 0.29) is 12.5 Å². The average molecular weight is 575 g/mol. The van der Waals surface area contributed by atoms with Crippen LogP contribution in [0.15, 0.2) is 30.5 Å². The van der Waals surface area contributed by atoms with Gasteiger partial charge >= 0.3 is 6.09 Å². The van der Waals surface area contributed by atoms with Crippen LogP contribution in [0.3, 0.4) is 0 Å². The number of likely N-dealkylation sites (tertiary alicyclic amines) is 1. The third-order valence-electron chi connectivity index (χ3n) is 7.87. The highest BCUT2D eigenvalue weighted by molar-refractivity contribution is 6.33. The van der Waals surface area contributed by atoms with Gasteiger partial charge in [-0.2, -0.15) is 0 Å². The number of primary amides is 1. The van der Waals surface area contributed by atoms with Crippen molar-refractivity contribution in [3.8, 4) is 0 Å². The van der Waals surface area contributed by atoms with Gasteiger partial charge in [-0.15, -0.1) is 0 Å². The van der Waals surface area contributed by atoms with Gasteiger partial charge in [0.1, 0.15) is 12.4 Å². The van der Waals surface area contributed by atoms with Gasteiger partial charge in [0.25, 0.3) is 5.91 Å². The van der Waals surface area contributed by atoms with Gasteiger partial charge in [0.15, 0.2) is 0 Å². The number of rotatable bonds is 6. The average Bonchev–Trinajstić information content (AvgIpc) is 3.38. The number of amides is 3. The summed E-state index contributed by atoms with van der Waals surface area (Å²) in [5.41, 5.74) is 6.61. The summed E-state index contributed by atoms with van der Waals surface area (Å²) in [6, 6.07) is 7.27. The minimum atomic E-state index is -0.553. The number of pyridine rings is 1. The lowest BCUT2D eigenvalue weighted by Gasteiger charge is -2.47. The van der Waals surface area contributed by atoms with Crippen LogP contribution in [0.25, 0.3) is 0 Å². The second kappa shape index (κ2) is 11.6. The van der Waals surface area contributed by atoms with Crippen molar-refractivity contribution < 1.29 is 19.1 Å². The molecule has 0 radical (unpaired) electrons. The molecule has 3 saturated heterocycles. The van der Waals surface area contributed by atoms with Crippen LogP contribution in [0, 0.1) is 0 Å². The number of hydrogen-bond donors (Lipinski definition) is 1. The Labute approximate surface area is 237 Å². The number of benzene rings is 1. The SMILES string of the molecule is CC[C@H]1CN(c2ncc(C(N)=O)cc2Cl)CCN1C1CCN(C(=O)c2ccc(Cl)cc2N2CCOC2=O)CC1. The molecular weight excluding hydrogens is 543 g/mol. The van der Waals surface area contributed by atoms with Crippen LogP contribution in [0.4, 0.5) is 16.3 Å². The molecule has 2 aromatic rings. The van der Waals surface area contributed by atoms with E-state index in [9.17, 15) is 14.4 Å². The third-order valence-corrected chi connectivity index (χ3v) is 8.38. The van der Waals surface area contributed by atoms with Gasteiger partial charge < -0.3 is 20.3 Å². The summed E-state index contributed by atoms with van der Waals surface area (Å²) in [6.07, 6.45) is 3.71. The van der Waals surface area contributed by atoms with E-state index in [0.717, 1.165) is 38.9 Å². The minimum Gasteiger partial charge on any atom is -0.447 e. The molecule has 3 amide bonds. The first-order chi connectivity index (χ1) is 18.8. The van der Waals surface area contributed by atoms with E-state index in [1.165, 1.54) is 11.1 Å². The first kappa shape index (κ1) is 27.5. The molecule has 0 bridgehead atoms. The number of anilines is 2. The van der Waals surface area contributed by atoms with Crippen LogP contribution < -0.4 is 15.5 Å². The molecule has 0 spiro atoms. The normalized spacial score (nSPS) is 20.8. The van der Waals surface area contributed by atoms with Gasteiger partial charge in [0.2, 0.25) is 5.91 Å². The predicted molar refractivity (Wildman–Crippen MR) is 150 cm³/mol. The summed E-state index contributed by atoms with van der Waals surface area (Å²) in [5, 5.41) is 0.884. The number of nitrogens with two attached hydrogens (primary N) is 1. The molecular formula is C27H32Cl2N6O4. The Kier molecular flexibility index (Phi) is 8.16. The molecule has 4 heterocycles. The molecule has 1 aromatic heterocycles. The van der Waals surface area contributed by atoms with Crippen molar-refractivity contribution in [2.24, 2.45) is 5.73 Å². The second-order valence-electron chi connectivity index (χ2n) is 10.1. The van der Waals surface area contributed by atoms with Crippen molar-refractivity contribution >= 4 is 52.6 Å². The van der Waals surface area contributed by atoms with Crippen molar-refractivity contribution in [3.05, 3.63) is 51.6 Å². The molecule has 1 atom stereocenters. The van der Waals surface area contributed by atoms with Crippen LogP contribution in [0.5, 0.6) is 0 Å². The number of piperazine rings is 1. The number of aromatic nitrogens is 1. The van der Waals surface area contributed by atoms with Gasteiger partial charge in [-0.25, -0.2) is 9.78 Å². The second-order valence-corrected chi connectivity index (χ2v) is 10.9. The third kappa shape index (κ3) is 5.64. The Morgan fingerprint density at radius 1 is 1.10 bits per heavy atom.